The van der Waals surface area contributed by atoms with E-state index in [0.717, 1.165) is 0 Å². The zero-order valence-electron chi connectivity index (χ0n) is 16.1. The zero-order chi connectivity index (χ0) is 22.0. The van der Waals surface area contributed by atoms with Crippen LogP contribution in [-0.2, 0) is 0 Å². The molecule has 31 heavy (non-hydrogen) atoms. The summed E-state index contributed by atoms with van der Waals surface area (Å²) in [7, 11) is 0. The van der Waals surface area contributed by atoms with E-state index in [4.69, 9.17) is 11.6 Å². The van der Waals surface area contributed by atoms with Crippen molar-refractivity contribution >= 4 is 29.0 Å². The fraction of sp³-hybridized carbons (Fsp3) is 0.250. The van der Waals surface area contributed by atoms with Gasteiger partial charge in [-0.3, -0.25) is 9.89 Å². The predicted octanol–water partition coefficient (Wildman–Crippen LogP) is 3.46. The lowest BCUT2D eigenvalue weighted by atomic mass is 10.1. The molecule has 1 atom stereocenters. The van der Waals surface area contributed by atoms with Gasteiger partial charge in [-0.15, -0.1) is 8.78 Å². The van der Waals surface area contributed by atoms with Crippen molar-refractivity contribution < 1.29 is 23.4 Å². The van der Waals surface area contributed by atoms with E-state index in [2.05, 4.69) is 25.2 Å². The number of nitrogens with one attached hydrogen (secondary N) is 2. The molecule has 11 heteroatoms. The van der Waals surface area contributed by atoms with Crippen molar-refractivity contribution in [1.82, 2.24) is 15.2 Å². The fourth-order valence-electron chi connectivity index (χ4n) is 3.31. The molecule has 1 aromatic carbocycles. The number of carbonyl (C=O) groups excluding carboxylic acids is 1. The molecule has 1 saturated heterocycles. The Hall–Kier alpha value is -3.24. The summed E-state index contributed by atoms with van der Waals surface area (Å²) >= 11 is 4.74. The second kappa shape index (κ2) is 8.48. The minimum absolute atomic E-state index is 0.141. The van der Waals surface area contributed by atoms with Gasteiger partial charge in [0, 0.05) is 48.3 Å². The van der Waals surface area contributed by atoms with E-state index in [0.29, 0.717) is 42.3 Å². The van der Waals surface area contributed by atoms with Crippen molar-refractivity contribution in [2.24, 2.45) is 0 Å². The minimum Gasteiger partial charge on any atom is -0.420 e. The van der Waals surface area contributed by atoms with E-state index in [1.165, 1.54) is 30.5 Å². The Morgan fingerprint density at radius 3 is 2.71 bits per heavy atom. The zero-order valence-corrected chi connectivity index (χ0v) is 16.8. The lowest BCUT2D eigenvalue weighted by Crippen LogP contribution is -2.23. The van der Waals surface area contributed by atoms with Crippen LogP contribution >= 0.6 is 11.6 Å². The SMILES string of the molecule is O=C(Nc1ccc(OC(F)(F)Cl)cc1)c1cnc(N2CCC(O)C2)c(-c2cc[nH]n2)c1. The average molecular weight is 450 g/mol. The summed E-state index contributed by atoms with van der Waals surface area (Å²) < 4.78 is 29.7. The maximum Gasteiger partial charge on any atom is 0.487 e. The highest BCUT2D eigenvalue weighted by molar-refractivity contribution is 6.20. The van der Waals surface area contributed by atoms with Crippen molar-refractivity contribution in [2.75, 3.05) is 23.3 Å². The molecule has 0 spiro atoms. The molecule has 0 aliphatic carbocycles. The van der Waals surface area contributed by atoms with E-state index >= 15 is 0 Å². The molecule has 0 bridgehead atoms. The Kier molecular flexibility index (Phi) is 5.75. The largest absolute Gasteiger partial charge is 0.487 e. The van der Waals surface area contributed by atoms with Gasteiger partial charge < -0.3 is 20.1 Å². The number of aliphatic hydroxyl groups excluding tert-OH is 1. The lowest BCUT2D eigenvalue weighted by Gasteiger charge is -2.20. The number of pyridine rings is 1. The van der Waals surface area contributed by atoms with E-state index in [-0.39, 0.29) is 11.3 Å². The summed E-state index contributed by atoms with van der Waals surface area (Å²) in [5.41, 5.74) is -1.89. The summed E-state index contributed by atoms with van der Waals surface area (Å²) in [4.78, 5) is 19.1. The van der Waals surface area contributed by atoms with Crippen molar-refractivity contribution in [3.8, 4) is 17.0 Å². The van der Waals surface area contributed by atoms with E-state index in [1.54, 1.807) is 18.3 Å². The second-order valence-electron chi connectivity index (χ2n) is 6.97. The Balaban J connectivity index is 1.55. The molecule has 0 saturated carbocycles. The predicted molar refractivity (Wildman–Crippen MR) is 110 cm³/mol. The first-order chi connectivity index (χ1) is 14.8. The molecule has 8 nitrogen and oxygen atoms in total. The summed E-state index contributed by atoms with van der Waals surface area (Å²) in [5, 5.41) is 19.5. The smallest absolute Gasteiger partial charge is 0.420 e. The lowest BCUT2D eigenvalue weighted by molar-refractivity contribution is -0.0964. The topological polar surface area (TPSA) is 103 Å². The van der Waals surface area contributed by atoms with E-state index < -0.39 is 17.6 Å². The van der Waals surface area contributed by atoms with Gasteiger partial charge in [0.2, 0.25) is 0 Å². The number of H-pyrrole nitrogens is 1. The maximum atomic E-state index is 12.7. The first kappa shape index (κ1) is 21.0. The molecule has 3 aromatic rings. The molecule has 1 fully saturated rings. The van der Waals surface area contributed by atoms with Crippen LogP contribution in [0.25, 0.3) is 11.3 Å². The number of hydrogen-bond donors (Lipinski definition) is 3. The van der Waals surface area contributed by atoms with Gasteiger partial charge in [-0.25, -0.2) is 4.98 Å². The number of aromatic nitrogens is 3. The van der Waals surface area contributed by atoms with Gasteiger partial charge in [-0.1, -0.05) is 0 Å². The number of anilines is 2. The number of carbonyl (C=O) groups is 1. The summed E-state index contributed by atoms with van der Waals surface area (Å²) in [6.07, 6.45) is 3.32. The third-order valence-electron chi connectivity index (χ3n) is 4.71. The molecule has 3 heterocycles. The highest BCUT2D eigenvalue weighted by atomic mass is 35.5. The molecule has 1 aliphatic rings. The summed E-state index contributed by atoms with van der Waals surface area (Å²) in [6, 6.07) is 8.79. The number of aliphatic hydroxyl groups is 1. The summed E-state index contributed by atoms with van der Waals surface area (Å²) in [6.45, 7) is 1.10. The molecule has 1 amide bonds. The number of halogens is 3. The van der Waals surface area contributed by atoms with Crippen molar-refractivity contribution in [2.45, 2.75) is 18.1 Å². The fourth-order valence-corrected chi connectivity index (χ4v) is 3.40. The van der Waals surface area contributed by atoms with Gasteiger partial charge in [0.15, 0.2) is 0 Å². The summed E-state index contributed by atoms with van der Waals surface area (Å²) in [5.74, 6) is 0.0509. The first-order valence-corrected chi connectivity index (χ1v) is 9.77. The number of aromatic amines is 1. The molecule has 162 valence electrons. The number of rotatable bonds is 6. The van der Waals surface area contributed by atoms with E-state index in [9.17, 15) is 18.7 Å². The number of alkyl halides is 3. The van der Waals surface area contributed by atoms with Crippen LogP contribution in [0.1, 0.15) is 16.8 Å². The normalized spacial score (nSPS) is 16.4. The van der Waals surface area contributed by atoms with Gasteiger partial charge >= 0.3 is 5.57 Å². The number of nitrogens with zero attached hydrogens (tertiary/aromatic N) is 3. The highest BCUT2D eigenvalue weighted by Gasteiger charge is 2.28. The van der Waals surface area contributed by atoms with Gasteiger partial charge in [0.05, 0.1) is 17.4 Å². The van der Waals surface area contributed by atoms with Crippen LogP contribution in [-0.4, -0.2) is 51.0 Å². The van der Waals surface area contributed by atoms with Crippen LogP contribution in [0, 0.1) is 0 Å². The Bertz CT molecular complexity index is 1060. The molecule has 3 N–H and O–H groups in total. The number of ether oxygens (including phenoxy) is 1. The van der Waals surface area contributed by atoms with Crippen LogP contribution in [0.5, 0.6) is 5.75 Å². The van der Waals surface area contributed by atoms with Crippen LogP contribution in [0.15, 0.2) is 48.8 Å². The first-order valence-electron chi connectivity index (χ1n) is 9.39. The molecular weight excluding hydrogens is 432 g/mol. The minimum atomic E-state index is -3.81. The number of amides is 1. The number of β-amino-alcohol motifs (C(OH)–C–C–N with tert-alkyl or cyclic N) is 1. The average Bonchev–Trinajstić information content (AvgIpc) is 3.40. The molecule has 1 aliphatic heterocycles. The molecule has 4 rings (SSSR count). The van der Waals surface area contributed by atoms with Gasteiger partial charge in [-0.2, -0.15) is 5.10 Å². The van der Waals surface area contributed by atoms with Gasteiger partial charge in [0.25, 0.3) is 5.91 Å². The van der Waals surface area contributed by atoms with Gasteiger partial charge in [0.1, 0.15) is 11.6 Å². The van der Waals surface area contributed by atoms with Crippen molar-refractivity contribution in [3.63, 3.8) is 0 Å². The molecular formula is C20H18ClF2N5O3. The third kappa shape index (κ3) is 5.09. The quantitative estimate of drug-likeness (QED) is 0.498. The number of hydrogen-bond acceptors (Lipinski definition) is 6. The van der Waals surface area contributed by atoms with Crippen LogP contribution in [0.2, 0.25) is 0 Å². The van der Waals surface area contributed by atoms with Crippen LogP contribution in [0.3, 0.4) is 0 Å². The monoisotopic (exact) mass is 449 g/mol. The Morgan fingerprint density at radius 2 is 2.10 bits per heavy atom. The Morgan fingerprint density at radius 1 is 1.32 bits per heavy atom. The molecule has 1 unspecified atom stereocenters. The van der Waals surface area contributed by atoms with Gasteiger partial charge in [-0.05, 0) is 42.8 Å². The Labute approximate surface area is 180 Å². The molecule has 2 aromatic heterocycles. The molecule has 0 radical (unpaired) electrons. The van der Waals surface area contributed by atoms with E-state index in [1.807, 2.05) is 4.90 Å². The van der Waals surface area contributed by atoms with Crippen LogP contribution in [0.4, 0.5) is 20.3 Å². The number of benzene rings is 1. The second-order valence-corrected chi connectivity index (χ2v) is 7.41. The highest BCUT2D eigenvalue weighted by Crippen LogP contribution is 2.31. The van der Waals surface area contributed by atoms with Crippen molar-refractivity contribution in [3.05, 3.63) is 54.4 Å². The standard InChI is InChI=1S/C20H18ClF2N5O3/c21-20(22,23)31-15-3-1-13(2-4-15)26-19(30)12-9-16(17-5-7-25-27-17)18(24-10-12)28-8-6-14(29)11-28/h1-5,7,9-10,14,29H,6,8,11H2,(H,25,27)(H,26,30). The van der Waals surface area contributed by atoms with Crippen molar-refractivity contribution in [1.29, 1.82) is 0 Å². The maximum absolute atomic E-state index is 12.7. The van der Waals surface area contributed by atoms with Crippen LogP contribution < -0.4 is 15.0 Å². The third-order valence-corrected chi connectivity index (χ3v) is 4.79.